The van der Waals surface area contributed by atoms with E-state index in [1.165, 1.54) is 77.0 Å². The molecular weight excluding hydrogens is 218 g/mol. The molecule has 0 radical (unpaired) electrons. The summed E-state index contributed by atoms with van der Waals surface area (Å²) in [5.74, 6) is 3.14. The lowest BCUT2D eigenvalue weighted by atomic mass is 9.83. The molecule has 2 fully saturated rings. The van der Waals surface area contributed by atoms with Gasteiger partial charge in [0.2, 0.25) is 0 Å². The molecule has 0 heterocycles. The average Bonchev–Trinajstić information content (AvgIpc) is 2.95. The van der Waals surface area contributed by atoms with E-state index in [4.69, 9.17) is 5.73 Å². The molecule has 2 aliphatic rings. The van der Waals surface area contributed by atoms with Gasteiger partial charge in [-0.15, -0.1) is 0 Å². The molecule has 4 atom stereocenters. The van der Waals surface area contributed by atoms with Crippen LogP contribution in [-0.2, 0) is 0 Å². The summed E-state index contributed by atoms with van der Waals surface area (Å²) in [4.78, 5) is 0. The molecule has 106 valence electrons. The summed E-state index contributed by atoms with van der Waals surface area (Å²) >= 11 is 0. The zero-order chi connectivity index (χ0) is 12.8. The number of rotatable bonds is 9. The summed E-state index contributed by atoms with van der Waals surface area (Å²) in [6.45, 7) is 2.28. The van der Waals surface area contributed by atoms with E-state index in [2.05, 4.69) is 6.92 Å². The fraction of sp³-hybridized carbons (Fsp3) is 1.00. The van der Waals surface area contributed by atoms with Gasteiger partial charge in [0.1, 0.15) is 0 Å². The second-order valence-electron chi connectivity index (χ2n) is 6.99. The number of fused-ring (bicyclic) bond motifs is 2. The van der Waals surface area contributed by atoms with E-state index in [-0.39, 0.29) is 0 Å². The zero-order valence-corrected chi connectivity index (χ0v) is 12.4. The largest absolute Gasteiger partial charge is 0.328 e. The summed E-state index contributed by atoms with van der Waals surface area (Å²) < 4.78 is 0. The predicted octanol–water partition coefficient (Wildman–Crippen LogP) is 4.89. The SMILES string of the molecule is CCCCCCCCC(N)CC1CC2CCC1C2. The minimum absolute atomic E-state index is 0.500. The van der Waals surface area contributed by atoms with Crippen molar-refractivity contribution in [2.45, 2.75) is 90.0 Å². The highest BCUT2D eigenvalue weighted by Crippen LogP contribution is 2.49. The van der Waals surface area contributed by atoms with Crippen LogP contribution in [0.15, 0.2) is 0 Å². The molecule has 4 unspecified atom stereocenters. The Morgan fingerprint density at radius 2 is 1.78 bits per heavy atom. The molecule has 0 aromatic rings. The number of hydrogen-bond donors (Lipinski definition) is 1. The maximum absolute atomic E-state index is 6.33. The molecule has 0 amide bonds. The van der Waals surface area contributed by atoms with Crippen molar-refractivity contribution in [3.05, 3.63) is 0 Å². The summed E-state index contributed by atoms with van der Waals surface area (Å²) in [6, 6.07) is 0.500. The van der Waals surface area contributed by atoms with Gasteiger partial charge in [0, 0.05) is 6.04 Å². The summed E-state index contributed by atoms with van der Waals surface area (Å²) in [5, 5.41) is 0. The Hall–Kier alpha value is -0.0400. The van der Waals surface area contributed by atoms with Gasteiger partial charge >= 0.3 is 0 Å². The fourth-order valence-electron chi connectivity index (χ4n) is 4.36. The van der Waals surface area contributed by atoms with Gasteiger partial charge in [-0.3, -0.25) is 0 Å². The van der Waals surface area contributed by atoms with Crippen LogP contribution >= 0.6 is 0 Å². The third-order valence-electron chi connectivity index (χ3n) is 5.42. The lowest BCUT2D eigenvalue weighted by molar-refractivity contribution is 0.288. The lowest BCUT2D eigenvalue weighted by Gasteiger charge is -2.24. The van der Waals surface area contributed by atoms with Crippen molar-refractivity contribution in [3.63, 3.8) is 0 Å². The van der Waals surface area contributed by atoms with Gasteiger partial charge in [0.15, 0.2) is 0 Å². The molecule has 1 nitrogen and oxygen atoms in total. The van der Waals surface area contributed by atoms with Gasteiger partial charge in [-0.1, -0.05) is 51.9 Å². The molecule has 1 heteroatoms. The topological polar surface area (TPSA) is 26.0 Å². The quantitative estimate of drug-likeness (QED) is 0.580. The molecule has 2 rings (SSSR count). The molecule has 18 heavy (non-hydrogen) atoms. The Morgan fingerprint density at radius 1 is 1.00 bits per heavy atom. The van der Waals surface area contributed by atoms with Crippen LogP contribution in [0.3, 0.4) is 0 Å². The Kier molecular flexibility index (Phi) is 6.01. The number of hydrogen-bond acceptors (Lipinski definition) is 1. The second-order valence-corrected chi connectivity index (χ2v) is 6.99. The Bertz CT molecular complexity index is 226. The van der Waals surface area contributed by atoms with Crippen molar-refractivity contribution in [2.75, 3.05) is 0 Å². The second kappa shape index (κ2) is 7.53. The standard InChI is InChI=1S/C17H33N/c1-2-3-4-5-6-7-8-17(18)13-16-12-14-9-10-15(16)11-14/h14-17H,2-13,18H2,1H3. The maximum atomic E-state index is 6.33. The predicted molar refractivity (Wildman–Crippen MR) is 79.5 cm³/mol. The molecule has 0 aromatic heterocycles. The Morgan fingerprint density at radius 3 is 2.44 bits per heavy atom. The minimum atomic E-state index is 0.500. The third kappa shape index (κ3) is 4.26. The smallest absolute Gasteiger partial charge is 0.00415 e. The molecular formula is C17H33N. The first kappa shape index (κ1) is 14.4. The van der Waals surface area contributed by atoms with Gasteiger partial charge in [0.05, 0.1) is 0 Å². The van der Waals surface area contributed by atoms with Crippen molar-refractivity contribution in [2.24, 2.45) is 23.5 Å². The van der Waals surface area contributed by atoms with Gasteiger partial charge < -0.3 is 5.73 Å². The van der Waals surface area contributed by atoms with Crippen LogP contribution < -0.4 is 5.73 Å². The normalized spacial score (nSPS) is 32.0. The van der Waals surface area contributed by atoms with Crippen LogP contribution in [0, 0.1) is 17.8 Å². The van der Waals surface area contributed by atoms with Crippen molar-refractivity contribution in [3.8, 4) is 0 Å². The molecule has 0 aromatic carbocycles. The van der Waals surface area contributed by atoms with Crippen LogP contribution in [0.5, 0.6) is 0 Å². The van der Waals surface area contributed by atoms with E-state index in [0.717, 1.165) is 17.8 Å². The van der Waals surface area contributed by atoms with E-state index in [9.17, 15) is 0 Å². The third-order valence-corrected chi connectivity index (χ3v) is 5.42. The van der Waals surface area contributed by atoms with Crippen molar-refractivity contribution < 1.29 is 0 Å². The monoisotopic (exact) mass is 251 g/mol. The number of nitrogens with two attached hydrogens (primary N) is 1. The first-order valence-corrected chi connectivity index (χ1v) is 8.55. The Labute approximate surface area is 114 Å². The summed E-state index contributed by atoms with van der Waals surface area (Å²) in [6.07, 6.45) is 17.1. The molecule has 0 saturated heterocycles. The lowest BCUT2D eigenvalue weighted by Crippen LogP contribution is -2.26. The van der Waals surface area contributed by atoms with Gasteiger partial charge in [-0.25, -0.2) is 0 Å². The van der Waals surface area contributed by atoms with Crippen molar-refractivity contribution in [1.29, 1.82) is 0 Å². The highest BCUT2D eigenvalue weighted by atomic mass is 14.6. The summed E-state index contributed by atoms with van der Waals surface area (Å²) in [5.41, 5.74) is 6.33. The van der Waals surface area contributed by atoms with Crippen molar-refractivity contribution >= 4 is 0 Å². The first-order valence-electron chi connectivity index (χ1n) is 8.55. The zero-order valence-electron chi connectivity index (χ0n) is 12.4. The van der Waals surface area contributed by atoms with Crippen LogP contribution in [0.1, 0.15) is 84.0 Å². The van der Waals surface area contributed by atoms with Gasteiger partial charge in [-0.05, 0) is 49.9 Å². The van der Waals surface area contributed by atoms with Gasteiger partial charge in [0.25, 0.3) is 0 Å². The average molecular weight is 251 g/mol. The van der Waals surface area contributed by atoms with E-state index in [0.29, 0.717) is 6.04 Å². The first-order chi connectivity index (χ1) is 8.79. The van der Waals surface area contributed by atoms with E-state index >= 15 is 0 Å². The molecule has 0 spiro atoms. The van der Waals surface area contributed by atoms with Crippen molar-refractivity contribution in [1.82, 2.24) is 0 Å². The molecule has 2 aliphatic carbocycles. The summed E-state index contributed by atoms with van der Waals surface area (Å²) in [7, 11) is 0. The molecule has 2 saturated carbocycles. The maximum Gasteiger partial charge on any atom is 0.00415 e. The minimum Gasteiger partial charge on any atom is -0.328 e. The van der Waals surface area contributed by atoms with Crippen LogP contribution in [0.2, 0.25) is 0 Å². The molecule has 2 bridgehead atoms. The molecule has 2 N–H and O–H groups in total. The van der Waals surface area contributed by atoms with E-state index in [1.54, 1.807) is 0 Å². The fourth-order valence-corrected chi connectivity index (χ4v) is 4.36. The highest BCUT2D eigenvalue weighted by Gasteiger charge is 2.39. The molecule has 0 aliphatic heterocycles. The van der Waals surface area contributed by atoms with Gasteiger partial charge in [-0.2, -0.15) is 0 Å². The van der Waals surface area contributed by atoms with E-state index < -0.39 is 0 Å². The number of unbranched alkanes of at least 4 members (excludes halogenated alkanes) is 5. The highest BCUT2D eigenvalue weighted by molar-refractivity contribution is 4.91. The van der Waals surface area contributed by atoms with Crippen LogP contribution in [-0.4, -0.2) is 6.04 Å². The van der Waals surface area contributed by atoms with Crippen LogP contribution in [0.4, 0.5) is 0 Å². The van der Waals surface area contributed by atoms with Crippen LogP contribution in [0.25, 0.3) is 0 Å². The Balaban J connectivity index is 1.49. The van der Waals surface area contributed by atoms with E-state index in [1.807, 2.05) is 0 Å².